The number of aromatic nitrogens is 2. The van der Waals surface area contributed by atoms with Gasteiger partial charge in [0.25, 0.3) is 10.0 Å². The van der Waals surface area contributed by atoms with Crippen LogP contribution in [-0.2, 0) is 16.5 Å². The van der Waals surface area contributed by atoms with Crippen molar-refractivity contribution in [2.45, 2.75) is 11.4 Å². The maximum absolute atomic E-state index is 13.2. The molecule has 3 aromatic rings. The number of hydrogen-bond donors (Lipinski definition) is 1. The van der Waals surface area contributed by atoms with E-state index in [2.05, 4.69) is 10.3 Å². The molecule has 0 aliphatic carbocycles. The standard InChI is InChI=1S/C17H17N3O2S/c1-18-11-14-10-17(15-6-3-2-4-7-15)20(13-14)23(21,22)16-8-5-9-19-12-16/h2-10,12-13,18H,11H2,1H3/i2D,3D,4D,6D,7D,11D2. The van der Waals surface area contributed by atoms with Gasteiger partial charge in [-0.15, -0.1) is 0 Å². The first-order valence-electron chi connectivity index (χ1n) is 10.1. The van der Waals surface area contributed by atoms with E-state index in [1.807, 2.05) is 0 Å². The van der Waals surface area contributed by atoms with Gasteiger partial charge in [0.1, 0.15) is 4.90 Å². The van der Waals surface area contributed by atoms with Crippen LogP contribution in [0.15, 0.2) is 71.9 Å². The second-order valence-electron chi connectivity index (χ2n) is 4.48. The molecule has 6 heteroatoms. The van der Waals surface area contributed by atoms with Crippen LogP contribution in [0.25, 0.3) is 11.3 Å². The van der Waals surface area contributed by atoms with Crippen LogP contribution in [0.2, 0.25) is 0 Å². The van der Waals surface area contributed by atoms with Crippen LogP contribution in [0.1, 0.15) is 15.2 Å². The van der Waals surface area contributed by atoms with Crippen molar-refractivity contribution in [3.05, 3.63) is 72.6 Å². The first-order valence-corrected chi connectivity index (χ1v) is 8.02. The molecule has 0 saturated heterocycles. The monoisotopic (exact) mass is 334 g/mol. The van der Waals surface area contributed by atoms with E-state index in [0.717, 1.165) is 18.5 Å². The Balaban J connectivity index is 2.42. The van der Waals surface area contributed by atoms with Crippen molar-refractivity contribution in [3.63, 3.8) is 0 Å². The molecule has 1 N–H and O–H groups in total. The molecule has 0 spiro atoms. The minimum Gasteiger partial charge on any atom is -0.316 e. The zero-order chi connectivity index (χ0) is 22.4. The van der Waals surface area contributed by atoms with Crippen molar-refractivity contribution in [2.75, 3.05) is 7.05 Å². The Morgan fingerprint density at radius 2 is 2.13 bits per heavy atom. The summed E-state index contributed by atoms with van der Waals surface area (Å²) in [6, 6.07) is 0.781. The Kier molecular flexibility index (Phi) is 2.49. The Labute approximate surface area is 145 Å². The Morgan fingerprint density at radius 3 is 2.78 bits per heavy atom. The fraction of sp³-hybridized carbons (Fsp3) is 0.118. The van der Waals surface area contributed by atoms with Gasteiger partial charge in [0.2, 0.25) is 0 Å². The molecule has 0 amide bonds. The number of nitrogens with one attached hydrogen (secondary N) is 1. The fourth-order valence-corrected chi connectivity index (χ4v) is 3.36. The Bertz CT molecular complexity index is 1200. The van der Waals surface area contributed by atoms with Crippen LogP contribution < -0.4 is 5.32 Å². The minimum atomic E-state index is -4.31. The summed E-state index contributed by atoms with van der Waals surface area (Å²) < 4.78 is 83.2. The minimum absolute atomic E-state index is 0.0979. The highest BCUT2D eigenvalue weighted by molar-refractivity contribution is 7.90. The van der Waals surface area contributed by atoms with Gasteiger partial charge in [-0.3, -0.25) is 4.98 Å². The zero-order valence-corrected chi connectivity index (χ0v) is 12.9. The van der Waals surface area contributed by atoms with E-state index in [1.165, 1.54) is 25.4 Å². The van der Waals surface area contributed by atoms with Crippen LogP contribution >= 0.6 is 0 Å². The highest BCUT2D eigenvalue weighted by atomic mass is 32.2. The molecule has 1 aromatic carbocycles. The van der Waals surface area contributed by atoms with Crippen molar-refractivity contribution >= 4 is 10.0 Å². The zero-order valence-electron chi connectivity index (χ0n) is 19.1. The molecule has 0 aliphatic heterocycles. The van der Waals surface area contributed by atoms with E-state index in [9.17, 15) is 8.42 Å². The lowest BCUT2D eigenvalue weighted by Crippen LogP contribution is -2.13. The largest absolute Gasteiger partial charge is 0.316 e. The van der Waals surface area contributed by atoms with Gasteiger partial charge >= 0.3 is 0 Å². The molecule has 2 heterocycles. The van der Waals surface area contributed by atoms with Crippen molar-refractivity contribution in [3.8, 4) is 11.3 Å². The van der Waals surface area contributed by atoms with Crippen LogP contribution in [0, 0.1) is 0 Å². The van der Waals surface area contributed by atoms with Crippen LogP contribution in [-0.4, -0.2) is 24.4 Å². The van der Waals surface area contributed by atoms with Gasteiger partial charge in [-0.25, -0.2) is 12.4 Å². The normalized spacial score (nSPS) is 16.5. The molecule has 5 nitrogen and oxygen atoms in total. The molecule has 0 radical (unpaired) electrons. The van der Waals surface area contributed by atoms with Gasteiger partial charge in [0.05, 0.1) is 12.5 Å². The summed E-state index contributed by atoms with van der Waals surface area (Å²) in [7, 11) is -2.97. The van der Waals surface area contributed by atoms with E-state index in [1.54, 1.807) is 0 Å². The van der Waals surface area contributed by atoms with Crippen LogP contribution in [0.3, 0.4) is 0 Å². The van der Waals surface area contributed by atoms with E-state index in [-0.39, 0.29) is 21.7 Å². The van der Waals surface area contributed by atoms with Crippen LogP contribution in [0.4, 0.5) is 0 Å². The van der Waals surface area contributed by atoms with Gasteiger partial charge in [-0.2, -0.15) is 0 Å². The molecule has 118 valence electrons. The molecular formula is C17H17N3O2S. The van der Waals surface area contributed by atoms with E-state index < -0.39 is 46.7 Å². The Hall–Kier alpha value is -2.44. The lowest BCUT2D eigenvalue weighted by atomic mass is 10.1. The lowest BCUT2D eigenvalue weighted by Gasteiger charge is -2.10. The number of hydrogen-bond acceptors (Lipinski definition) is 4. The third-order valence-corrected chi connectivity index (χ3v) is 4.66. The predicted molar refractivity (Wildman–Crippen MR) is 89.5 cm³/mol. The summed E-state index contributed by atoms with van der Waals surface area (Å²) in [4.78, 5) is 3.58. The smallest absolute Gasteiger partial charge is 0.269 e. The first kappa shape index (κ1) is 9.00. The molecule has 23 heavy (non-hydrogen) atoms. The summed E-state index contributed by atoms with van der Waals surface area (Å²) in [5.74, 6) is 0. The molecule has 3 rings (SSSR count). The van der Waals surface area contributed by atoms with Crippen LogP contribution in [0.5, 0.6) is 0 Å². The second-order valence-corrected chi connectivity index (χ2v) is 6.29. The Morgan fingerprint density at radius 1 is 1.35 bits per heavy atom. The fourth-order valence-electron chi connectivity index (χ4n) is 2.03. The van der Waals surface area contributed by atoms with E-state index in [0.29, 0.717) is 3.97 Å². The third-order valence-electron chi connectivity index (χ3n) is 3.00. The maximum Gasteiger partial charge on any atom is 0.269 e. The van der Waals surface area contributed by atoms with Gasteiger partial charge in [0, 0.05) is 27.8 Å². The van der Waals surface area contributed by atoms with E-state index >= 15 is 0 Å². The quantitative estimate of drug-likeness (QED) is 0.779. The average Bonchev–Trinajstić information content (AvgIpc) is 3.18. The number of pyridine rings is 1. The molecule has 0 atom stereocenters. The number of rotatable bonds is 5. The van der Waals surface area contributed by atoms with Gasteiger partial charge in [-0.1, -0.05) is 30.2 Å². The summed E-state index contributed by atoms with van der Waals surface area (Å²) in [5, 5.41) is 2.42. The van der Waals surface area contributed by atoms with Crippen molar-refractivity contribution in [1.82, 2.24) is 14.3 Å². The molecule has 2 aromatic heterocycles. The van der Waals surface area contributed by atoms with Gasteiger partial charge in [0.15, 0.2) is 0 Å². The van der Waals surface area contributed by atoms with E-state index in [4.69, 9.17) is 9.60 Å². The number of nitrogens with zero attached hydrogens (tertiary/aromatic N) is 2. The highest BCUT2D eigenvalue weighted by Crippen LogP contribution is 2.26. The molecule has 0 saturated carbocycles. The summed E-state index contributed by atoms with van der Waals surface area (Å²) >= 11 is 0. The highest BCUT2D eigenvalue weighted by Gasteiger charge is 2.21. The van der Waals surface area contributed by atoms with Crippen molar-refractivity contribution in [1.29, 1.82) is 0 Å². The molecular weight excluding hydrogens is 310 g/mol. The third kappa shape index (κ3) is 3.04. The molecule has 0 bridgehead atoms. The molecule has 0 aliphatic rings. The average molecular weight is 334 g/mol. The van der Waals surface area contributed by atoms with Gasteiger partial charge < -0.3 is 5.32 Å². The van der Waals surface area contributed by atoms with Crippen molar-refractivity contribution in [2.24, 2.45) is 0 Å². The topological polar surface area (TPSA) is 64.0 Å². The van der Waals surface area contributed by atoms with Crippen molar-refractivity contribution < 1.29 is 18.0 Å². The SMILES string of the molecule is [2H]c1c([2H])c([2H])c(-c2cc(C([2H])([2H])NC)cn2S(=O)(=O)c2cccnc2)c([2H])c1[2H]. The van der Waals surface area contributed by atoms with Gasteiger partial charge in [-0.05, 0) is 36.4 Å². The molecule has 0 unspecified atom stereocenters. The predicted octanol–water partition coefficient (Wildman–Crippen LogP) is 2.51. The summed E-state index contributed by atoms with van der Waals surface area (Å²) in [6.45, 7) is -2.14. The first-order chi connectivity index (χ1) is 13.9. The second kappa shape index (κ2) is 6.36. The lowest BCUT2D eigenvalue weighted by molar-refractivity contribution is 0.587. The number of benzene rings is 1. The summed E-state index contributed by atoms with van der Waals surface area (Å²) in [5.41, 5.74) is -0.712. The molecule has 0 fully saturated rings. The maximum atomic E-state index is 13.2. The summed E-state index contributed by atoms with van der Waals surface area (Å²) in [6.07, 6.45) is 3.51.